The highest BCUT2D eigenvalue weighted by Crippen LogP contribution is 2.31. The van der Waals surface area contributed by atoms with Crippen LogP contribution < -0.4 is 4.90 Å². The van der Waals surface area contributed by atoms with Gasteiger partial charge in [0.1, 0.15) is 0 Å². The number of rotatable bonds is 3. The Hall–Kier alpha value is -1.22. The maximum Gasteiger partial charge on any atom is 0.335 e. The second kappa shape index (κ2) is 5.61. The van der Waals surface area contributed by atoms with E-state index in [0.717, 1.165) is 18.8 Å². The lowest BCUT2D eigenvalue weighted by atomic mass is 9.95. The molecule has 0 bridgehead atoms. The highest BCUT2D eigenvalue weighted by molar-refractivity contribution is 6.33. The molecule has 1 aromatic rings. The summed E-state index contributed by atoms with van der Waals surface area (Å²) in [5.41, 5.74) is 1.20. The van der Waals surface area contributed by atoms with Gasteiger partial charge in [-0.05, 0) is 37.0 Å². The van der Waals surface area contributed by atoms with Gasteiger partial charge >= 0.3 is 5.97 Å². The van der Waals surface area contributed by atoms with E-state index >= 15 is 0 Å². The van der Waals surface area contributed by atoms with Crippen LogP contribution in [0.4, 0.5) is 5.69 Å². The van der Waals surface area contributed by atoms with Gasteiger partial charge in [0.05, 0.1) is 16.3 Å². The van der Waals surface area contributed by atoms with Gasteiger partial charge < -0.3 is 10.0 Å². The molecule has 3 nitrogen and oxygen atoms in total. The lowest BCUT2D eigenvalue weighted by Crippen LogP contribution is -2.35. The molecule has 2 rings (SSSR count). The molecule has 18 heavy (non-hydrogen) atoms. The van der Waals surface area contributed by atoms with Crippen molar-refractivity contribution in [3.05, 3.63) is 28.8 Å². The Morgan fingerprint density at radius 3 is 2.94 bits per heavy atom. The standard InChI is InChI=1S/C14H18ClNO2/c1-2-10-4-3-7-16(9-10)13-6-5-11(14(17)18)8-12(13)15/h5-6,8,10H,2-4,7,9H2,1H3,(H,17,18). The number of piperidine rings is 1. The fraction of sp³-hybridized carbons (Fsp3) is 0.500. The molecule has 1 N–H and O–H groups in total. The maximum absolute atomic E-state index is 10.9. The Morgan fingerprint density at radius 2 is 2.33 bits per heavy atom. The van der Waals surface area contributed by atoms with Crippen LogP contribution in [-0.2, 0) is 0 Å². The summed E-state index contributed by atoms with van der Waals surface area (Å²) in [7, 11) is 0. The van der Waals surface area contributed by atoms with Gasteiger partial charge in [0, 0.05) is 13.1 Å². The summed E-state index contributed by atoms with van der Waals surface area (Å²) in [6.45, 7) is 4.23. The predicted octanol–water partition coefficient (Wildman–Crippen LogP) is 3.66. The third-order valence-corrected chi connectivity index (χ3v) is 3.93. The normalized spacial score (nSPS) is 19.9. The fourth-order valence-corrected chi connectivity index (χ4v) is 2.81. The summed E-state index contributed by atoms with van der Waals surface area (Å²) in [5, 5.41) is 9.45. The van der Waals surface area contributed by atoms with E-state index in [1.807, 2.05) is 6.07 Å². The van der Waals surface area contributed by atoms with Gasteiger partial charge in [0.25, 0.3) is 0 Å². The van der Waals surface area contributed by atoms with Crippen molar-refractivity contribution >= 4 is 23.3 Å². The van der Waals surface area contributed by atoms with Gasteiger partial charge in [-0.3, -0.25) is 0 Å². The molecule has 1 heterocycles. The van der Waals surface area contributed by atoms with E-state index in [2.05, 4.69) is 11.8 Å². The first-order chi connectivity index (χ1) is 8.61. The van der Waals surface area contributed by atoms with Crippen LogP contribution in [-0.4, -0.2) is 24.2 Å². The lowest BCUT2D eigenvalue weighted by molar-refractivity contribution is 0.0697. The second-order valence-electron chi connectivity index (χ2n) is 4.83. The van der Waals surface area contributed by atoms with E-state index < -0.39 is 5.97 Å². The van der Waals surface area contributed by atoms with Gasteiger partial charge in [-0.1, -0.05) is 24.9 Å². The summed E-state index contributed by atoms with van der Waals surface area (Å²) in [5.74, 6) is -0.220. The van der Waals surface area contributed by atoms with Crippen LogP contribution in [0.1, 0.15) is 36.5 Å². The van der Waals surface area contributed by atoms with Crippen LogP contribution >= 0.6 is 11.6 Å². The number of carboxylic acids is 1. The highest BCUT2D eigenvalue weighted by atomic mass is 35.5. The van der Waals surface area contributed by atoms with E-state index in [9.17, 15) is 4.79 Å². The van der Waals surface area contributed by atoms with Crippen LogP contribution in [0.3, 0.4) is 0 Å². The minimum atomic E-state index is -0.937. The third kappa shape index (κ3) is 2.78. The molecule has 0 aromatic heterocycles. The number of hydrogen-bond acceptors (Lipinski definition) is 2. The average molecular weight is 268 g/mol. The SMILES string of the molecule is CCC1CCCN(c2ccc(C(=O)O)cc2Cl)C1. The zero-order chi connectivity index (χ0) is 13.1. The highest BCUT2D eigenvalue weighted by Gasteiger charge is 2.20. The molecule has 0 aliphatic carbocycles. The summed E-state index contributed by atoms with van der Waals surface area (Å²) in [4.78, 5) is 13.1. The quantitative estimate of drug-likeness (QED) is 0.908. The molecule has 0 amide bonds. The molecule has 1 atom stereocenters. The molecule has 1 unspecified atom stereocenters. The molecule has 1 fully saturated rings. The van der Waals surface area contributed by atoms with Gasteiger partial charge in [-0.2, -0.15) is 0 Å². The van der Waals surface area contributed by atoms with Crippen molar-refractivity contribution < 1.29 is 9.90 Å². The van der Waals surface area contributed by atoms with Gasteiger partial charge in [0.15, 0.2) is 0 Å². The van der Waals surface area contributed by atoms with Crippen molar-refractivity contribution in [1.82, 2.24) is 0 Å². The molecule has 1 aromatic carbocycles. The van der Waals surface area contributed by atoms with E-state index in [-0.39, 0.29) is 5.56 Å². The molecule has 0 saturated carbocycles. The number of anilines is 1. The third-order valence-electron chi connectivity index (χ3n) is 3.63. The fourth-order valence-electron chi connectivity index (χ4n) is 2.51. The first-order valence-corrected chi connectivity index (χ1v) is 6.77. The minimum Gasteiger partial charge on any atom is -0.478 e. The minimum absolute atomic E-state index is 0.243. The van der Waals surface area contributed by atoms with Gasteiger partial charge in [-0.15, -0.1) is 0 Å². The van der Waals surface area contributed by atoms with Crippen molar-refractivity contribution in [2.75, 3.05) is 18.0 Å². The van der Waals surface area contributed by atoms with Crippen molar-refractivity contribution in [2.24, 2.45) is 5.92 Å². The van der Waals surface area contributed by atoms with Gasteiger partial charge in [0.2, 0.25) is 0 Å². The maximum atomic E-state index is 10.9. The number of halogens is 1. The number of aromatic carboxylic acids is 1. The number of benzene rings is 1. The zero-order valence-corrected chi connectivity index (χ0v) is 11.3. The zero-order valence-electron chi connectivity index (χ0n) is 10.5. The van der Waals surface area contributed by atoms with Crippen molar-refractivity contribution in [1.29, 1.82) is 0 Å². The number of nitrogens with zero attached hydrogens (tertiary/aromatic N) is 1. The second-order valence-corrected chi connectivity index (χ2v) is 5.24. The largest absolute Gasteiger partial charge is 0.478 e. The number of carboxylic acid groups (broad SMARTS) is 1. The number of carbonyl (C=O) groups is 1. The Kier molecular flexibility index (Phi) is 4.12. The number of hydrogen-bond donors (Lipinski definition) is 1. The van der Waals surface area contributed by atoms with Crippen LogP contribution in [0.5, 0.6) is 0 Å². The summed E-state index contributed by atoms with van der Waals surface area (Å²) in [6, 6.07) is 4.98. The summed E-state index contributed by atoms with van der Waals surface area (Å²) in [6.07, 6.45) is 3.63. The molecule has 1 aliphatic heterocycles. The van der Waals surface area contributed by atoms with Gasteiger partial charge in [-0.25, -0.2) is 4.79 Å². The molecule has 1 saturated heterocycles. The molecule has 0 radical (unpaired) electrons. The van der Waals surface area contributed by atoms with Crippen LogP contribution in [0.15, 0.2) is 18.2 Å². The van der Waals surface area contributed by atoms with Crippen LogP contribution in [0, 0.1) is 5.92 Å². The van der Waals surface area contributed by atoms with Crippen LogP contribution in [0.25, 0.3) is 0 Å². The van der Waals surface area contributed by atoms with Crippen molar-refractivity contribution in [3.8, 4) is 0 Å². The molecular weight excluding hydrogens is 250 g/mol. The molecular formula is C14H18ClNO2. The monoisotopic (exact) mass is 267 g/mol. The summed E-state index contributed by atoms with van der Waals surface area (Å²) >= 11 is 6.19. The first kappa shape index (κ1) is 13.2. The average Bonchev–Trinajstić information content (AvgIpc) is 2.38. The topological polar surface area (TPSA) is 40.5 Å². The Balaban J connectivity index is 2.20. The molecule has 4 heteroatoms. The Labute approximate surface area is 112 Å². The van der Waals surface area contributed by atoms with E-state index in [0.29, 0.717) is 10.9 Å². The molecule has 0 spiro atoms. The summed E-state index contributed by atoms with van der Waals surface area (Å²) < 4.78 is 0. The first-order valence-electron chi connectivity index (χ1n) is 6.39. The van der Waals surface area contributed by atoms with E-state index in [1.165, 1.54) is 25.3 Å². The van der Waals surface area contributed by atoms with Crippen molar-refractivity contribution in [3.63, 3.8) is 0 Å². The smallest absolute Gasteiger partial charge is 0.335 e. The molecule has 98 valence electrons. The van der Waals surface area contributed by atoms with E-state index in [4.69, 9.17) is 16.7 Å². The van der Waals surface area contributed by atoms with Crippen molar-refractivity contribution in [2.45, 2.75) is 26.2 Å². The Bertz CT molecular complexity index is 447. The Morgan fingerprint density at radius 1 is 1.56 bits per heavy atom. The predicted molar refractivity (Wildman–Crippen MR) is 73.6 cm³/mol. The van der Waals surface area contributed by atoms with E-state index in [1.54, 1.807) is 6.07 Å². The van der Waals surface area contributed by atoms with Crippen LogP contribution in [0.2, 0.25) is 5.02 Å². The lowest BCUT2D eigenvalue weighted by Gasteiger charge is -2.34. The molecule has 1 aliphatic rings.